The molecule has 0 radical (unpaired) electrons. The van der Waals surface area contributed by atoms with Gasteiger partial charge < -0.3 is 4.74 Å². The summed E-state index contributed by atoms with van der Waals surface area (Å²) < 4.78 is 6.60. The number of rotatable bonds is 5. The first-order valence-corrected chi connectivity index (χ1v) is 7.78. The zero-order valence-corrected chi connectivity index (χ0v) is 13.7. The molecule has 0 heterocycles. The van der Waals surface area contributed by atoms with Gasteiger partial charge in [0.05, 0.1) is 12.2 Å². The van der Waals surface area contributed by atoms with E-state index in [0.29, 0.717) is 17.9 Å². The van der Waals surface area contributed by atoms with Crippen LogP contribution in [0.4, 0.5) is 0 Å². The molecule has 1 rings (SSSR count). The second-order valence-corrected chi connectivity index (χ2v) is 7.02. The van der Waals surface area contributed by atoms with Gasteiger partial charge >= 0.3 is 0 Å². The topological polar surface area (TPSA) is 9.23 Å². The molecule has 0 saturated heterocycles. The Morgan fingerprint density at radius 1 is 1.37 bits per heavy atom. The maximum absolute atomic E-state index is 6.60. The van der Waals surface area contributed by atoms with E-state index in [2.05, 4.69) is 60.3 Å². The molecule has 0 amide bonds. The summed E-state index contributed by atoms with van der Waals surface area (Å²) in [6.07, 6.45) is 8.43. The Balaban J connectivity index is 2.92. The van der Waals surface area contributed by atoms with E-state index in [4.69, 9.17) is 4.74 Å². The van der Waals surface area contributed by atoms with Crippen LogP contribution >= 0.6 is 0 Å². The molecule has 0 aromatic heterocycles. The van der Waals surface area contributed by atoms with E-state index < -0.39 is 0 Å². The van der Waals surface area contributed by atoms with E-state index in [1.165, 1.54) is 18.4 Å². The van der Waals surface area contributed by atoms with Crippen LogP contribution in [0, 0.1) is 17.3 Å². The van der Waals surface area contributed by atoms with Crippen LogP contribution < -0.4 is 0 Å². The van der Waals surface area contributed by atoms with Crippen LogP contribution in [-0.2, 0) is 4.74 Å². The molecule has 1 saturated carbocycles. The molecular weight excluding hydrogens is 232 g/mol. The van der Waals surface area contributed by atoms with Gasteiger partial charge in [0.25, 0.3) is 0 Å². The number of hydrogen-bond donors (Lipinski definition) is 0. The fourth-order valence-electron chi connectivity index (χ4n) is 3.24. The lowest BCUT2D eigenvalue weighted by atomic mass is 9.82. The van der Waals surface area contributed by atoms with E-state index in [1.54, 1.807) is 0 Å². The van der Waals surface area contributed by atoms with E-state index in [-0.39, 0.29) is 11.5 Å². The monoisotopic (exact) mass is 264 g/mol. The van der Waals surface area contributed by atoms with Crippen molar-refractivity contribution in [2.24, 2.45) is 17.3 Å². The van der Waals surface area contributed by atoms with Crippen molar-refractivity contribution in [3.05, 3.63) is 24.3 Å². The zero-order valence-electron chi connectivity index (χ0n) is 13.7. The van der Waals surface area contributed by atoms with E-state index >= 15 is 0 Å². The average Bonchev–Trinajstić information content (AvgIpc) is 2.69. The van der Waals surface area contributed by atoms with Crippen molar-refractivity contribution >= 4 is 0 Å². The Labute approximate surface area is 120 Å². The summed E-state index contributed by atoms with van der Waals surface area (Å²) in [4.78, 5) is 0. The maximum atomic E-state index is 6.60. The van der Waals surface area contributed by atoms with Crippen molar-refractivity contribution in [1.82, 2.24) is 0 Å². The molecule has 1 fully saturated rings. The molecule has 0 aromatic carbocycles. The molecule has 0 N–H and O–H groups in total. The van der Waals surface area contributed by atoms with Crippen molar-refractivity contribution in [1.29, 1.82) is 0 Å². The van der Waals surface area contributed by atoms with Crippen molar-refractivity contribution in [3.63, 3.8) is 0 Å². The molecular formula is C18H32O. The van der Waals surface area contributed by atoms with Gasteiger partial charge in [0.2, 0.25) is 0 Å². The lowest BCUT2D eigenvalue weighted by Crippen LogP contribution is -2.37. The van der Waals surface area contributed by atoms with Crippen LogP contribution in [0.2, 0.25) is 0 Å². The van der Waals surface area contributed by atoms with Gasteiger partial charge in [-0.2, -0.15) is 0 Å². The predicted octanol–water partition coefficient (Wildman–Crippen LogP) is 5.37. The Morgan fingerprint density at radius 2 is 2.00 bits per heavy atom. The third kappa shape index (κ3) is 3.95. The highest BCUT2D eigenvalue weighted by Crippen LogP contribution is 2.39. The number of ether oxygens (including phenoxy) is 1. The van der Waals surface area contributed by atoms with Gasteiger partial charge in [0.1, 0.15) is 0 Å². The maximum Gasteiger partial charge on any atom is 0.0837 e. The minimum absolute atomic E-state index is 0.145. The van der Waals surface area contributed by atoms with Crippen LogP contribution in [-0.4, -0.2) is 12.2 Å². The molecule has 1 nitrogen and oxygen atoms in total. The highest BCUT2D eigenvalue weighted by molar-refractivity contribution is 5.11. The van der Waals surface area contributed by atoms with Crippen molar-refractivity contribution in [2.45, 2.75) is 73.0 Å². The van der Waals surface area contributed by atoms with Crippen molar-refractivity contribution < 1.29 is 4.74 Å². The molecule has 1 heteroatoms. The van der Waals surface area contributed by atoms with Gasteiger partial charge in [-0.15, -0.1) is 6.58 Å². The molecule has 0 aliphatic heterocycles. The summed E-state index contributed by atoms with van der Waals surface area (Å²) in [5.41, 5.74) is 1.57. The lowest BCUT2D eigenvalue weighted by Gasteiger charge is -2.37. The standard InChI is InChI=1S/C18H32O/c1-8-14(9-2)17(18(5,6)7)19-16-13(4)11-12-15(16)10-3/h8,10,13,15-17H,3,9,11-12H2,1-2,4-7H3/b14-8+/t13-,15?,16?,17?/m1/s1. The van der Waals surface area contributed by atoms with Crippen LogP contribution in [0.5, 0.6) is 0 Å². The van der Waals surface area contributed by atoms with Crippen LogP contribution in [0.3, 0.4) is 0 Å². The molecule has 110 valence electrons. The minimum Gasteiger partial charge on any atom is -0.369 e. The summed E-state index contributed by atoms with van der Waals surface area (Å²) in [7, 11) is 0. The first-order valence-electron chi connectivity index (χ1n) is 7.78. The highest BCUT2D eigenvalue weighted by atomic mass is 16.5. The summed E-state index contributed by atoms with van der Waals surface area (Å²) in [6.45, 7) is 17.5. The van der Waals surface area contributed by atoms with Gasteiger partial charge in [-0.1, -0.05) is 46.8 Å². The largest absolute Gasteiger partial charge is 0.369 e. The summed E-state index contributed by atoms with van der Waals surface area (Å²) in [6, 6.07) is 0. The van der Waals surface area contributed by atoms with Gasteiger partial charge in [-0.3, -0.25) is 0 Å². The van der Waals surface area contributed by atoms with Crippen LogP contribution in [0.25, 0.3) is 0 Å². The molecule has 1 aliphatic rings. The Hall–Kier alpha value is -0.560. The lowest BCUT2D eigenvalue weighted by molar-refractivity contribution is -0.0703. The van der Waals surface area contributed by atoms with Crippen LogP contribution in [0.15, 0.2) is 24.3 Å². The zero-order chi connectivity index (χ0) is 14.6. The van der Waals surface area contributed by atoms with Gasteiger partial charge in [0.15, 0.2) is 0 Å². The molecule has 0 bridgehead atoms. The first kappa shape index (κ1) is 16.5. The quantitative estimate of drug-likeness (QED) is 0.606. The molecule has 3 unspecified atom stereocenters. The predicted molar refractivity (Wildman–Crippen MR) is 84.2 cm³/mol. The molecule has 0 spiro atoms. The molecule has 0 aromatic rings. The van der Waals surface area contributed by atoms with Gasteiger partial charge in [-0.05, 0) is 43.1 Å². The van der Waals surface area contributed by atoms with Gasteiger partial charge in [0, 0.05) is 5.92 Å². The third-order valence-corrected chi connectivity index (χ3v) is 4.44. The fraction of sp³-hybridized carbons (Fsp3) is 0.778. The molecule has 4 atom stereocenters. The SMILES string of the molecule is C=CC1CC[C@@H](C)C1OC(/C(=C/C)CC)C(C)(C)C. The Bertz CT molecular complexity index is 321. The number of hydrogen-bond acceptors (Lipinski definition) is 1. The first-order chi connectivity index (χ1) is 8.85. The summed E-state index contributed by atoms with van der Waals surface area (Å²) in [5, 5.41) is 0. The Morgan fingerprint density at radius 3 is 2.42 bits per heavy atom. The van der Waals surface area contributed by atoms with Crippen molar-refractivity contribution in [2.75, 3.05) is 0 Å². The second kappa shape index (κ2) is 6.74. The van der Waals surface area contributed by atoms with Crippen LogP contribution in [0.1, 0.15) is 60.8 Å². The van der Waals surface area contributed by atoms with Crippen molar-refractivity contribution in [3.8, 4) is 0 Å². The van der Waals surface area contributed by atoms with Gasteiger partial charge in [-0.25, -0.2) is 0 Å². The molecule has 1 aliphatic carbocycles. The molecule has 19 heavy (non-hydrogen) atoms. The minimum atomic E-state index is 0.145. The fourth-order valence-corrected chi connectivity index (χ4v) is 3.24. The average molecular weight is 264 g/mol. The third-order valence-electron chi connectivity index (χ3n) is 4.44. The van der Waals surface area contributed by atoms with E-state index in [0.717, 1.165) is 6.42 Å². The smallest absolute Gasteiger partial charge is 0.0837 e. The van der Waals surface area contributed by atoms with E-state index in [9.17, 15) is 0 Å². The summed E-state index contributed by atoms with van der Waals surface area (Å²) >= 11 is 0. The highest BCUT2D eigenvalue weighted by Gasteiger charge is 2.38. The second-order valence-electron chi connectivity index (χ2n) is 7.02. The number of allylic oxidation sites excluding steroid dienone is 1. The summed E-state index contributed by atoms with van der Waals surface area (Å²) in [5.74, 6) is 1.16. The van der Waals surface area contributed by atoms with E-state index in [1.807, 2.05) is 0 Å². The Kier molecular flexibility index (Phi) is 5.85. The normalized spacial score (nSPS) is 30.4.